The topological polar surface area (TPSA) is 63.5 Å². The maximum atomic E-state index is 12.1. The van der Waals surface area contributed by atoms with Gasteiger partial charge in [-0.15, -0.1) is 0 Å². The van der Waals surface area contributed by atoms with Gasteiger partial charge < -0.3 is 4.90 Å². The van der Waals surface area contributed by atoms with Crippen LogP contribution in [0.25, 0.3) is 0 Å². The fourth-order valence-electron chi connectivity index (χ4n) is 2.26. The molecule has 1 aromatic rings. The second-order valence-electron chi connectivity index (χ2n) is 5.45. The fraction of sp³-hybridized carbons (Fsp3) is 0.467. The summed E-state index contributed by atoms with van der Waals surface area (Å²) < 4.78 is 0.766. The van der Waals surface area contributed by atoms with Gasteiger partial charge in [0.2, 0.25) is 0 Å². The quantitative estimate of drug-likeness (QED) is 0.362. The third-order valence-electron chi connectivity index (χ3n) is 3.77. The van der Waals surface area contributed by atoms with Gasteiger partial charge in [0.1, 0.15) is 4.32 Å². The Kier molecular flexibility index (Phi) is 5.90. The Bertz CT molecular complexity index is 567. The monoisotopic (exact) mass is 338 g/mol. The highest BCUT2D eigenvalue weighted by atomic mass is 32.2. The summed E-state index contributed by atoms with van der Waals surface area (Å²) in [6.45, 7) is 4.16. The number of nitrogens with zero attached hydrogens (tertiary/aromatic N) is 2. The first-order valence-electron chi connectivity index (χ1n) is 7.16. The minimum absolute atomic E-state index is 0.0119. The van der Waals surface area contributed by atoms with E-state index in [-0.39, 0.29) is 17.2 Å². The lowest BCUT2D eigenvalue weighted by Crippen LogP contribution is -2.35. The summed E-state index contributed by atoms with van der Waals surface area (Å²) in [5, 5.41) is 10.6. The Morgan fingerprint density at radius 2 is 1.95 bits per heavy atom. The summed E-state index contributed by atoms with van der Waals surface area (Å²) in [7, 11) is 0. The van der Waals surface area contributed by atoms with Gasteiger partial charge in [0, 0.05) is 30.8 Å². The fourth-order valence-corrected chi connectivity index (χ4v) is 3.41. The van der Waals surface area contributed by atoms with E-state index in [2.05, 4.69) is 11.8 Å². The summed E-state index contributed by atoms with van der Waals surface area (Å²) in [5.41, 5.74) is 0.468. The number of piperidine rings is 1. The number of nitro groups is 1. The largest absolute Gasteiger partial charge is 0.357 e. The van der Waals surface area contributed by atoms with Crippen molar-refractivity contribution in [2.45, 2.75) is 19.8 Å². The molecule has 1 aromatic carbocycles. The van der Waals surface area contributed by atoms with Gasteiger partial charge in [-0.3, -0.25) is 14.9 Å². The second-order valence-corrected chi connectivity index (χ2v) is 7.06. The maximum absolute atomic E-state index is 12.1. The Morgan fingerprint density at radius 1 is 1.36 bits per heavy atom. The number of thiocarbonyl (C=S) groups is 1. The van der Waals surface area contributed by atoms with Gasteiger partial charge in [-0.2, -0.15) is 0 Å². The first-order valence-corrected chi connectivity index (χ1v) is 8.56. The number of Topliss-reactive ketones (excluding diaryl/α,β-unsaturated/α-hetero) is 1. The molecule has 0 unspecified atom stereocenters. The lowest BCUT2D eigenvalue weighted by atomic mass is 10.00. The molecule has 1 aliphatic heterocycles. The first-order chi connectivity index (χ1) is 10.5. The van der Waals surface area contributed by atoms with Crippen molar-refractivity contribution in [2.75, 3.05) is 18.8 Å². The van der Waals surface area contributed by atoms with Crippen LogP contribution in [0.3, 0.4) is 0 Å². The number of ketones is 1. The van der Waals surface area contributed by atoms with Crippen molar-refractivity contribution in [3.63, 3.8) is 0 Å². The highest BCUT2D eigenvalue weighted by molar-refractivity contribution is 8.23. The number of rotatable bonds is 4. The third kappa shape index (κ3) is 4.51. The van der Waals surface area contributed by atoms with E-state index in [4.69, 9.17) is 12.2 Å². The van der Waals surface area contributed by atoms with E-state index in [9.17, 15) is 14.9 Å². The van der Waals surface area contributed by atoms with Crippen molar-refractivity contribution >= 4 is 39.8 Å². The third-order valence-corrected chi connectivity index (χ3v) is 5.29. The van der Waals surface area contributed by atoms with Crippen LogP contribution in [0.4, 0.5) is 5.69 Å². The predicted octanol–water partition coefficient (Wildman–Crippen LogP) is 3.53. The van der Waals surface area contributed by atoms with E-state index >= 15 is 0 Å². The molecule has 0 bridgehead atoms. The van der Waals surface area contributed by atoms with Crippen LogP contribution in [0.5, 0.6) is 0 Å². The van der Waals surface area contributed by atoms with Crippen molar-refractivity contribution < 1.29 is 9.72 Å². The Morgan fingerprint density at radius 3 is 2.50 bits per heavy atom. The van der Waals surface area contributed by atoms with Crippen LogP contribution in [0.15, 0.2) is 24.3 Å². The number of nitro benzene ring substituents is 1. The van der Waals surface area contributed by atoms with Crippen molar-refractivity contribution in [3.8, 4) is 0 Å². The second kappa shape index (κ2) is 7.69. The predicted molar refractivity (Wildman–Crippen MR) is 92.5 cm³/mol. The summed E-state index contributed by atoms with van der Waals surface area (Å²) in [5.74, 6) is 0.946. The number of likely N-dealkylation sites (tertiary alicyclic amines) is 1. The number of hydrogen-bond donors (Lipinski definition) is 0. The summed E-state index contributed by atoms with van der Waals surface area (Å²) in [6.07, 6.45) is 2.27. The summed E-state index contributed by atoms with van der Waals surface area (Å²) in [4.78, 5) is 24.4. The van der Waals surface area contributed by atoms with Gasteiger partial charge >= 0.3 is 0 Å². The van der Waals surface area contributed by atoms with Crippen LogP contribution >= 0.6 is 24.0 Å². The molecule has 0 saturated carbocycles. The molecule has 5 nitrogen and oxygen atoms in total. The van der Waals surface area contributed by atoms with Crippen LogP contribution < -0.4 is 0 Å². The zero-order chi connectivity index (χ0) is 16.1. The molecule has 0 amide bonds. The number of hydrogen-bond acceptors (Lipinski definition) is 5. The molecule has 118 valence electrons. The molecular formula is C15H18N2O3S2. The Labute approximate surface area is 139 Å². The summed E-state index contributed by atoms with van der Waals surface area (Å²) >= 11 is 6.75. The van der Waals surface area contributed by atoms with Crippen molar-refractivity contribution in [2.24, 2.45) is 5.92 Å². The molecule has 0 N–H and O–H groups in total. The molecule has 1 saturated heterocycles. The minimum atomic E-state index is -0.477. The molecule has 1 fully saturated rings. The number of benzene rings is 1. The zero-order valence-corrected chi connectivity index (χ0v) is 14.0. The van der Waals surface area contributed by atoms with Crippen molar-refractivity contribution in [3.05, 3.63) is 39.9 Å². The smallest absolute Gasteiger partial charge is 0.269 e. The molecule has 22 heavy (non-hydrogen) atoms. The van der Waals surface area contributed by atoms with Crippen molar-refractivity contribution in [1.82, 2.24) is 4.90 Å². The van der Waals surface area contributed by atoms with E-state index in [1.54, 1.807) is 0 Å². The molecule has 7 heteroatoms. The van der Waals surface area contributed by atoms with Crippen LogP contribution in [0.2, 0.25) is 0 Å². The van der Waals surface area contributed by atoms with Crippen LogP contribution in [-0.2, 0) is 0 Å². The highest BCUT2D eigenvalue weighted by Crippen LogP contribution is 2.21. The molecule has 0 radical (unpaired) electrons. The highest BCUT2D eigenvalue weighted by Gasteiger charge is 2.19. The number of thioether (sulfide) groups is 1. The molecular weight excluding hydrogens is 320 g/mol. The number of carbonyl (C=O) groups is 1. The van der Waals surface area contributed by atoms with Crippen LogP contribution in [0.1, 0.15) is 30.1 Å². The molecule has 1 aliphatic rings. The van der Waals surface area contributed by atoms with Gasteiger partial charge in [-0.05, 0) is 30.9 Å². The van der Waals surface area contributed by atoms with E-state index in [0.29, 0.717) is 5.56 Å². The van der Waals surface area contributed by atoms with Gasteiger partial charge in [0.05, 0.1) is 10.7 Å². The van der Waals surface area contributed by atoms with E-state index in [0.717, 1.165) is 36.2 Å². The molecule has 0 spiro atoms. The van der Waals surface area contributed by atoms with Gasteiger partial charge in [0.15, 0.2) is 5.78 Å². The number of non-ortho nitro benzene ring substituents is 1. The van der Waals surface area contributed by atoms with E-state index < -0.39 is 4.92 Å². The normalized spacial score (nSPS) is 15.6. The Hall–Kier alpha value is -1.47. The molecule has 0 aromatic heterocycles. The average molecular weight is 338 g/mol. The maximum Gasteiger partial charge on any atom is 0.269 e. The van der Waals surface area contributed by atoms with Gasteiger partial charge in [-0.1, -0.05) is 30.9 Å². The zero-order valence-electron chi connectivity index (χ0n) is 12.4. The molecule has 0 aliphatic carbocycles. The standard InChI is InChI=1S/C15H18N2O3S2/c1-11-6-8-16(9-7-11)15(21)22-10-14(18)12-2-4-13(5-3-12)17(19)20/h2-5,11H,6-10H2,1H3. The molecule has 0 atom stereocenters. The number of carbonyl (C=O) groups excluding carboxylic acids is 1. The van der Waals surface area contributed by atoms with Gasteiger partial charge in [-0.25, -0.2) is 0 Å². The Balaban J connectivity index is 1.84. The first kappa shape index (κ1) is 16.9. The molecule has 1 heterocycles. The SMILES string of the molecule is CC1CCN(C(=S)SCC(=O)c2ccc([N+](=O)[O-])cc2)CC1. The van der Waals surface area contributed by atoms with E-state index in [1.807, 2.05) is 0 Å². The average Bonchev–Trinajstić information content (AvgIpc) is 2.53. The lowest BCUT2D eigenvalue weighted by Gasteiger charge is -2.31. The van der Waals surface area contributed by atoms with Crippen LogP contribution in [0, 0.1) is 16.0 Å². The summed E-state index contributed by atoms with van der Waals surface area (Å²) in [6, 6.07) is 5.68. The van der Waals surface area contributed by atoms with Gasteiger partial charge in [0.25, 0.3) is 5.69 Å². The van der Waals surface area contributed by atoms with Crippen LogP contribution in [-0.4, -0.2) is 38.8 Å². The van der Waals surface area contributed by atoms with E-state index in [1.165, 1.54) is 36.0 Å². The van der Waals surface area contributed by atoms with Crippen molar-refractivity contribution in [1.29, 1.82) is 0 Å². The lowest BCUT2D eigenvalue weighted by molar-refractivity contribution is -0.384. The minimum Gasteiger partial charge on any atom is -0.357 e. The molecule has 2 rings (SSSR count).